The van der Waals surface area contributed by atoms with Gasteiger partial charge in [-0.15, -0.1) is 0 Å². The zero-order valence-electron chi connectivity index (χ0n) is 11.5. The molecular weight excluding hydrogens is 258 g/mol. The van der Waals surface area contributed by atoms with Crippen molar-refractivity contribution < 1.29 is 0 Å². The molecule has 0 saturated carbocycles. The van der Waals surface area contributed by atoms with Gasteiger partial charge in [0.1, 0.15) is 8.80 Å². The molecule has 2 aromatic rings. The summed E-state index contributed by atoms with van der Waals surface area (Å²) in [6.07, 6.45) is 8.97. The molecule has 1 N–H and O–H groups in total. The average Bonchev–Trinajstić information content (AvgIpc) is 3.04. The van der Waals surface area contributed by atoms with Crippen LogP contribution in [0.1, 0.15) is 6.42 Å². The van der Waals surface area contributed by atoms with Gasteiger partial charge < -0.3 is 5.32 Å². The molecular formula is C18H19NSi. The standard InChI is InChI=1S/C18H19NSi/c1-3-9-16(10-4-1)19-15-20(18-13-7-8-14-18)17-11-5-2-6-12-17/h1-13,19-20H,14-15H2. The molecule has 0 amide bonds. The van der Waals surface area contributed by atoms with E-state index in [1.807, 2.05) is 0 Å². The van der Waals surface area contributed by atoms with Crippen LogP contribution in [-0.4, -0.2) is 15.0 Å². The Morgan fingerprint density at radius 1 is 0.900 bits per heavy atom. The first-order valence-electron chi connectivity index (χ1n) is 7.13. The van der Waals surface area contributed by atoms with E-state index in [1.54, 1.807) is 5.20 Å². The Hall–Kier alpha value is -2.06. The number of hydrogen-bond acceptors (Lipinski definition) is 1. The summed E-state index contributed by atoms with van der Waals surface area (Å²) in [5.74, 6) is 0. The Morgan fingerprint density at radius 2 is 1.60 bits per heavy atom. The number of hydrogen-bond donors (Lipinski definition) is 1. The molecule has 20 heavy (non-hydrogen) atoms. The van der Waals surface area contributed by atoms with Crippen molar-refractivity contribution in [2.75, 3.05) is 11.5 Å². The number of rotatable bonds is 5. The van der Waals surface area contributed by atoms with Crippen LogP contribution < -0.4 is 10.5 Å². The monoisotopic (exact) mass is 277 g/mol. The molecule has 1 atom stereocenters. The Kier molecular flexibility index (Phi) is 4.14. The third-order valence-corrected chi connectivity index (χ3v) is 6.86. The van der Waals surface area contributed by atoms with Crippen molar-refractivity contribution >= 4 is 19.7 Å². The minimum Gasteiger partial charge on any atom is -0.388 e. The summed E-state index contributed by atoms with van der Waals surface area (Å²) < 4.78 is 0. The predicted molar refractivity (Wildman–Crippen MR) is 90.0 cm³/mol. The van der Waals surface area contributed by atoms with Crippen molar-refractivity contribution in [2.24, 2.45) is 0 Å². The molecule has 0 aliphatic heterocycles. The second-order valence-electron chi connectivity index (χ2n) is 5.08. The molecule has 2 aromatic carbocycles. The molecule has 0 bridgehead atoms. The molecule has 0 aromatic heterocycles. The first-order chi connectivity index (χ1) is 9.93. The number of nitrogens with one attached hydrogen (secondary N) is 1. The van der Waals surface area contributed by atoms with Gasteiger partial charge in [0.15, 0.2) is 0 Å². The van der Waals surface area contributed by atoms with E-state index in [0.717, 1.165) is 12.6 Å². The molecule has 100 valence electrons. The van der Waals surface area contributed by atoms with Crippen molar-refractivity contribution in [1.29, 1.82) is 0 Å². The van der Waals surface area contributed by atoms with Gasteiger partial charge in [0.25, 0.3) is 0 Å². The lowest BCUT2D eigenvalue weighted by Gasteiger charge is -2.19. The van der Waals surface area contributed by atoms with E-state index in [9.17, 15) is 0 Å². The summed E-state index contributed by atoms with van der Waals surface area (Å²) in [6, 6.07) is 21.5. The van der Waals surface area contributed by atoms with Crippen molar-refractivity contribution in [3.63, 3.8) is 0 Å². The number of allylic oxidation sites excluding steroid dienone is 4. The zero-order chi connectivity index (χ0) is 13.6. The van der Waals surface area contributed by atoms with Gasteiger partial charge in [0, 0.05) is 11.9 Å². The molecule has 1 aliphatic carbocycles. The second kappa shape index (κ2) is 6.39. The minimum atomic E-state index is -1.13. The lowest BCUT2D eigenvalue weighted by Crippen LogP contribution is -2.39. The third-order valence-electron chi connectivity index (χ3n) is 3.73. The fourth-order valence-corrected chi connectivity index (χ4v) is 5.46. The van der Waals surface area contributed by atoms with Gasteiger partial charge in [-0.1, -0.05) is 77.1 Å². The van der Waals surface area contributed by atoms with E-state index >= 15 is 0 Å². The highest BCUT2D eigenvalue weighted by atomic mass is 28.3. The highest BCUT2D eigenvalue weighted by molar-refractivity contribution is 6.80. The normalized spacial score (nSPS) is 14.9. The number of anilines is 1. The van der Waals surface area contributed by atoms with E-state index in [1.165, 1.54) is 10.9 Å². The summed E-state index contributed by atoms with van der Waals surface area (Å²) in [4.78, 5) is 0. The first kappa shape index (κ1) is 12.9. The summed E-state index contributed by atoms with van der Waals surface area (Å²) in [5.41, 5.74) is 1.22. The Bertz CT molecular complexity index is 602. The first-order valence-corrected chi connectivity index (χ1v) is 9.10. The molecule has 0 saturated heterocycles. The Morgan fingerprint density at radius 3 is 2.25 bits per heavy atom. The van der Waals surface area contributed by atoms with Crippen LogP contribution in [0.4, 0.5) is 5.69 Å². The second-order valence-corrected chi connectivity index (χ2v) is 8.01. The maximum Gasteiger partial charge on any atom is 0.118 e. The fraction of sp³-hybridized carbons (Fsp3) is 0.111. The topological polar surface area (TPSA) is 12.0 Å². The highest BCUT2D eigenvalue weighted by Crippen LogP contribution is 2.15. The number of para-hydroxylation sites is 1. The summed E-state index contributed by atoms with van der Waals surface area (Å²) in [7, 11) is -1.13. The molecule has 3 rings (SSSR count). The third kappa shape index (κ3) is 3.09. The Balaban J connectivity index is 1.76. The summed E-state index contributed by atoms with van der Waals surface area (Å²) in [5, 5.41) is 6.76. The summed E-state index contributed by atoms with van der Waals surface area (Å²) in [6.45, 7) is 0. The SMILES string of the molecule is C1=CCC([SiH](CNc2ccccc2)c2ccccc2)=C1. The van der Waals surface area contributed by atoms with Crippen molar-refractivity contribution in [3.05, 3.63) is 84.1 Å². The van der Waals surface area contributed by atoms with Crippen molar-refractivity contribution in [1.82, 2.24) is 0 Å². The van der Waals surface area contributed by atoms with E-state index in [4.69, 9.17) is 0 Å². The molecule has 0 heterocycles. The highest BCUT2D eigenvalue weighted by Gasteiger charge is 2.18. The molecule has 1 aliphatic rings. The van der Waals surface area contributed by atoms with Crippen LogP contribution >= 0.6 is 0 Å². The Labute approximate surface area is 122 Å². The molecule has 2 heteroatoms. The van der Waals surface area contributed by atoms with Gasteiger partial charge in [-0.25, -0.2) is 0 Å². The molecule has 0 spiro atoms. The molecule has 1 unspecified atom stereocenters. The zero-order valence-corrected chi connectivity index (χ0v) is 12.7. The van der Waals surface area contributed by atoms with Gasteiger partial charge in [-0.05, 0) is 18.6 Å². The van der Waals surface area contributed by atoms with Crippen molar-refractivity contribution in [2.45, 2.75) is 6.42 Å². The van der Waals surface area contributed by atoms with E-state index in [2.05, 4.69) is 84.2 Å². The van der Waals surface area contributed by atoms with Gasteiger partial charge >= 0.3 is 0 Å². The van der Waals surface area contributed by atoms with Crippen LogP contribution in [0.3, 0.4) is 0 Å². The van der Waals surface area contributed by atoms with Crippen LogP contribution in [0.25, 0.3) is 0 Å². The summed E-state index contributed by atoms with van der Waals surface area (Å²) >= 11 is 0. The maximum absolute atomic E-state index is 3.61. The van der Waals surface area contributed by atoms with Crippen LogP contribution in [0.2, 0.25) is 0 Å². The van der Waals surface area contributed by atoms with Gasteiger partial charge in [-0.2, -0.15) is 0 Å². The minimum absolute atomic E-state index is 1.07. The van der Waals surface area contributed by atoms with E-state index in [0.29, 0.717) is 0 Å². The smallest absolute Gasteiger partial charge is 0.118 e. The van der Waals surface area contributed by atoms with Crippen molar-refractivity contribution in [3.8, 4) is 0 Å². The lowest BCUT2D eigenvalue weighted by molar-refractivity contribution is 1.34. The molecule has 1 nitrogen and oxygen atoms in total. The van der Waals surface area contributed by atoms with Crippen LogP contribution in [-0.2, 0) is 0 Å². The van der Waals surface area contributed by atoms with Gasteiger partial charge in [0.05, 0.1) is 0 Å². The van der Waals surface area contributed by atoms with E-state index < -0.39 is 8.80 Å². The molecule has 0 fully saturated rings. The largest absolute Gasteiger partial charge is 0.388 e. The number of benzene rings is 2. The van der Waals surface area contributed by atoms with E-state index in [-0.39, 0.29) is 0 Å². The lowest BCUT2D eigenvalue weighted by atomic mass is 10.3. The average molecular weight is 277 g/mol. The fourth-order valence-electron chi connectivity index (χ4n) is 2.65. The van der Waals surface area contributed by atoms with Crippen LogP contribution in [0, 0.1) is 0 Å². The quantitative estimate of drug-likeness (QED) is 0.828. The van der Waals surface area contributed by atoms with Crippen LogP contribution in [0.5, 0.6) is 0 Å². The maximum atomic E-state index is 3.61. The molecule has 0 radical (unpaired) electrons. The van der Waals surface area contributed by atoms with Crippen LogP contribution in [0.15, 0.2) is 84.1 Å². The predicted octanol–water partition coefficient (Wildman–Crippen LogP) is 3.20. The van der Waals surface area contributed by atoms with Gasteiger partial charge in [0.2, 0.25) is 0 Å². The van der Waals surface area contributed by atoms with Gasteiger partial charge in [-0.3, -0.25) is 0 Å².